The van der Waals surface area contributed by atoms with E-state index in [1.54, 1.807) is 6.21 Å². The van der Waals surface area contributed by atoms with Crippen molar-refractivity contribution in [1.29, 1.82) is 0 Å². The molecule has 0 amide bonds. The number of benzene rings is 2. The van der Waals surface area contributed by atoms with Gasteiger partial charge in [-0.1, -0.05) is 6.07 Å². The molecule has 0 saturated carbocycles. The normalized spacial score (nSPS) is 15.6. The Balaban J connectivity index is 1.67. The van der Waals surface area contributed by atoms with E-state index >= 15 is 0 Å². The molecule has 3 rings (SSSR count). The molecule has 2 aromatic carbocycles. The Morgan fingerprint density at radius 3 is 2.43 bits per heavy atom. The summed E-state index contributed by atoms with van der Waals surface area (Å²) in [6.07, 6.45) is -2.53. The first-order valence-electron chi connectivity index (χ1n) is 7.06. The molecule has 0 radical (unpaired) electrons. The van der Waals surface area contributed by atoms with Crippen molar-refractivity contribution in [3.8, 4) is 5.75 Å². The van der Waals surface area contributed by atoms with Crippen molar-refractivity contribution in [3.63, 3.8) is 0 Å². The highest BCUT2D eigenvalue weighted by atomic mass is 32.2. The molecule has 2 nitrogen and oxygen atoms in total. The first-order valence-corrected chi connectivity index (χ1v) is 8.22. The van der Waals surface area contributed by atoms with E-state index in [4.69, 9.17) is 4.74 Å². The quantitative estimate of drug-likeness (QED) is 0.736. The third-order valence-corrected chi connectivity index (χ3v) is 4.54. The van der Waals surface area contributed by atoms with E-state index in [1.165, 1.54) is 12.1 Å². The summed E-state index contributed by atoms with van der Waals surface area (Å²) in [4.78, 5) is 4.10. The lowest BCUT2D eigenvalue weighted by Crippen LogP contribution is -2.30. The van der Waals surface area contributed by atoms with Crippen molar-refractivity contribution in [1.82, 2.24) is 0 Å². The summed E-state index contributed by atoms with van der Waals surface area (Å²) < 4.78 is 43.7. The largest absolute Gasteiger partial charge is 0.489 e. The number of halogens is 3. The molecule has 0 aromatic heterocycles. The second kappa shape index (κ2) is 6.66. The maximum atomic E-state index is 12.6. The van der Waals surface area contributed by atoms with Crippen LogP contribution in [0.2, 0.25) is 0 Å². The number of rotatable bonds is 4. The van der Waals surface area contributed by atoms with Crippen molar-refractivity contribution in [2.75, 3.05) is 11.5 Å². The topological polar surface area (TPSA) is 21.6 Å². The van der Waals surface area contributed by atoms with Gasteiger partial charge in [-0.2, -0.15) is 24.9 Å². The van der Waals surface area contributed by atoms with Gasteiger partial charge in [0.15, 0.2) is 0 Å². The molecule has 0 bridgehead atoms. The van der Waals surface area contributed by atoms with Gasteiger partial charge in [-0.05, 0) is 48.0 Å². The van der Waals surface area contributed by atoms with Crippen molar-refractivity contribution in [2.24, 2.45) is 4.99 Å². The van der Waals surface area contributed by atoms with Crippen LogP contribution >= 0.6 is 11.8 Å². The smallest absolute Gasteiger partial charge is 0.416 e. The number of hydrogen-bond donors (Lipinski definition) is 0. The SMILES string of the molecule is FC(F)(F)c1cccc(N=Cc2ccc(OC3CSC3)cc2)c1. The third kappa shape index (κ3) is 4.28. The third-order valence-electron chi connectivity index (χ3n) is 3.33. The highest BCUT2D eigenvalue weighted by Gasteiger charge is 2.30. The van der Waals surface area contributed by atoms with E-state index in [2.05, 4.69) is 4.99 Å². The van der Waals surface area contributed by atoms with Crippen LogP contribution in [-0.4, -0.2) is 23.8 Å². The van der Waals surface area contributed by atoms with E-state index in [1.807, 2.05) is 36.0 Å². The zero-order chi connectivity index (χ0) is 16.3. The van der Waals surface area contributed by atoms with Crippen molar-refractivity contribution in [3.05, 3.63) is 59.7 Å². The predicted molar refractivity (Wildman–Crippen MR) is 86.9 cm³/mol. The number of hydrogen-bond acceptors (Lipinski definition) is 3. The van der Waals surface area contributed by atoms with Crippen LogP contribution in [0.5, 0.6) is 5.75 Å². The zero-order valence-electron chi connectivity index (χ0n) is 12.1. The Morgan fingerprint density at radius 2 is 1.83 bits per heavy atom. The van der Waals surface area contributed by atoms with Crippen LogP contribution in [-0.2, 0) is 6.18 Å². The zero-order valence-corrected chi connectivity index (χ0v) is 12.9. The Morgan fingerprint density at radius 1 is 1.09 bits per heavy atom. The molecule has 0 spiro atoms. The number of aliphatic imine (C=N–C) groups is 1. The summed E-state index contributed by atoms with van der Waals surface area (Å²) in [6.45, 7) is 0. The monoisotopic (exact) mass is 337 g/mol. The summed E-state index contributed by atoms with van der Waals surface area (Å²) in [5.41, 5.74) is 0.374. The summed E-state index contributed by atoms with van der Waals surface area (Å²) in [6, 6.07) is 12.3. The highest BCUT2D eigenvalue weighted by Crippen LogP contribution is 2.31. The molecule has 0 unspecified atom stereocenters. The van der Waals surface area contributed by atoms with Crippen LogP contribution in [0, 0.1) is 0 Å². The molecule has 1 saturated heterocycles. The van der Waals surface area contributed by atoms with Crippen molar-refractivity contribution < 1.29 is 17.9 Å². The fourth-order valence-corrected chi connectivity index (χ4v) is 2.58. The van der Waals surface area contributed by atoms with E-state index in [-0.39, 0.29) is 11.8 Å². The molecule has 2 aromatic rings. The first kappa shape index (κ1) is 15.9. The minimum absolute atomic E-state index is 0.270. The van der Waals surface area contributed by atoms with Gasteiger partial charge >= 0.3 is 6.18 Å². The van der Waals surface area contributed by atoms with Gasteiger partial charge in [0.05, 0.1) is 11.3 Å². The van der Waals surface area contributed by atoms with Crippen LogP contribution in [0.15, 0.2) is 53.5 Å². The van der Waals surface area contributed by atoms with Crippen LogP contribution in [0.3, 0.4) is 0 Å². The fraction of sp³-hybridized carbons (Fsp3) is 0.235. The Kier molecular flexibility index (Phi) is 4.61. The van der Waals surface area contributed by atoms with Crippen molar-refractivity contribution in [2.45, 2.75) is 12.3 Å². The second-order valence-corrected chi connectivity index (χ2v) is 6.23. The molecule has 0 atom stereocenters. The highest BCUT2D eigenvalue weighted by molar-refractivity contribution is 8.00. The molecule has 120 valence electrons. The molecule has 1 aliphatic heterocycles. The van der Waals surface area contributed by atoms with Gasteiger partial charge in [0.25, 0.3) is 0 Å². The number of thioether (sulfide) groups is 1. The molecule has 1 aliphatic rings. The number of alkyl halides is 3. The summed E-state index contributed by atoms with van der Waals surface area (Å²) in [7, 11) is 0. The molecule has 23 heavy (non-hydrogen) atoms. The average Bonchev–Trinajstić information content (AvgIpc) is 2.49. The second-order valence-electron chi connectivity index (χ2n) is 5.15. The van der Waals surface area contributed by atoms with Gasteiger partial charge < -0.3 is 4.74 Å². The summed E-state index contributed by atoms with van der Waals surface area (Å²) in [5.74, 6) is 2.82. The lowest BCUT2D eigenvalue weighted by molar-refractivity contribution is -0.137. The summed E-state index contributed by atoms with van der Waals surface area (Å²) in [5, 5.41) is 0. The van der Waals surface area contributed by atoms with E-state index < -0.39 is 11.7 Å². The summed E-state index contributed by atoms with van der Waals surface area (Å²) >= 11 is 1.85. The number of ether oxygens (including phenoxy) is 1. The molecule has 0 N–H and O–H groups in total. The van der Waals surface area contributed by atoms with Crippen LogP contribution in [0.4, 0.5) is 18.9 Å². The predicted octanol–water partition coefficient (Wildman–Crippen LogP) is 4.95. The maximum absolute atomic E-state index is 12.6. The Bertz CT molecular complexity index is 694. The minimum atomic E-state index is -4.36. The van der Waals surface area contributed by atoms with E-state index in [9.17, 15) is 13.2 Å². The van der Waals surface area contributed by atoms with Gasteiger partial charge in [-0.15, -0.1) is 0 Å². The molecule has 6 heteroatoms. The average molecular weight is 337 g/mol. The molecular formula is C17H14F3NOS. The van der Waals surface area contributed by atoms with Crippen molar-refractivity contribution >= 4 is 23.7 Å². The van der Waals surface area contributed by atoms with Gasteiger partial charge in [0.2, 0.25) is 0 Å². The van der Waals surface area contributed by atoms with Gasteiger partial charge in [0.1, 0.15) is 11.9 Å². The molecule has 0 aliphatic carbocycles. The maximum Gasteiger partial charge on any atom is 0.416 e. The molecule has 1 fully saturated rings. The minimum Gasteiger partial charge on any atom is -0.489 e. The lowest BCUT2D eigenvalue weighted by atomic mass is 10.2. The van der Waals surface area contributed by atoms with E-state index in [0.29, 0.717) is 0 Å². The first-order chi connectivity index (χ1) is 11.0. The standard InChI is InChI=1S/C17H14F3NOS/c18-17(19,20)13-2-1-3-14(8-13)21-9-12-4-6-15(7-5-12)22-16-10-23-11-16/h1-9,16H,10-11H2. The van der Waals surface area contributed by atoms with Crippen LogP contribution < -0.4 is 4.74 Å². The van der Waals surface area contributed by atoms with Gasteiger partial charge in [-0.3, -0.25) is 4.99 Å². The Hall–Kier alpha value is -1.95. The van der Waals surface area contributed by atoms with Gasteiger partial charge in [0, 0.05) is 17.7 Å². The van der Waals surface area contributed by atoms with Gasteiger partial charge in [-0.25, -0.2) is 0 Å². The molecule has 1 heterocycles. The Labute approximate surface area is 136 Å². The molecular weight excluding hydrogens is 323 g/mol. The fourth-order valence-electron chi connectivity index (χ4n) is 2.02. The van der Waals surface area contributed by atoms with Crippen LogP contribution in [0.1, 0.15) is 11.1 Å². The lowest BCUT2D eigenvalue weighted by Gasteiger charge is -2.25. The van der Waals surface area contributed by atoms with E-state index in [0.717, 1.165) is 35.0 Å². The number of nitrogens with zero attached hydrogens (tertiary/aromatic N) is 1. The van der Waals surface area contributed by atoms with Crippen LogP contribution in [0.25, 0.3) is 0 Å².